The Kier molecular flexibility index (Phi) is 2.25. The Balaban J connectivity index is 1.88. The molecular weight excluding hydrogens is 196 g/mol. The van der Waals surface area contributed by atoms with Gasteiger partial charge in [0.25, 0.3) is 0 Å². The number of fused-ring (bicyclic) bond motifs is 1. The third-order valence-electron chi connectivity index (χ3n) is 3.09. The van der Waals surface area contributed by atoms with Gasteiger partial charge in [0.2, 0.25) is 0 Å². The van der Waals surface area contributed by atoms with Crippen LogP contribution in [0.15, 0.2) is 4.52 Å². The quantitative estimate of drug-likeness (QED) is 0.768. The molecule has 0 spiro atoms. The van der Waals surface area contributed by atoms with Gasteiger partial charge >= 0.3 is 0 Å². The molecule has 0 aliphatic carbocycles. The molecule has 1 fully saturated rings. The van der Waals surface area contributed by atoms with Crippen LogP contribution in [0.2, 0.25) is 0 Å². The Labute approximate surface area is 87.6 Å². The first kappa shape index (κ1) is 8.80. The van der Waals surface area contributed by atoms with E-state index in [0.717, 1.165) is 18.8 Å². The summed E-state index contributed by atoms with van der Waals surface area (Å²) in [6.07, 6.45) is 2.51. The van der Waals surface area contributed by atoms with E-state index in [-0.39, 0.29) is 0 Å². The van der Waals surface area contributed by atoms with Gasteiger partial charge < -0.3 is 9.84 Å². The van der Waals surface area contributed by atoms with Gasteiger partial charge in [-0.05, 0) is 24.3 Å². The fourth-order valence-electron chi connectivity index (χ4n) is 2.27. The molecule has 0 aromatic carbocycles. The standard InChI is InChI=1S/C10H14N2OS/c1-3-14-4-2-7(1)10-8-5-11-6-9(8)12-13-10/h7,11H,1-6H2. The summed E-state index contributed by atoms with van der Waals surface area (Å²) >= 11 is 2.05. The fraction of sp³-hybridized carbons (Fsp3) is 0.700. The summed E-state index contributed by atoms with van der Waals surface area (Å²) in [6.45, 7) is 1.85. The monoisotopic (exact) mass is 210 g/mol. The van der Waals surface area contributed by atoms with Crippen molar-refractivity contribution < 1.29 is 4.52 Å². The van der Waals surface area contributed by atoms with Crippen LogP contribution in [0, 0.1) is 0 Å². The van der Waals surface area contributed by atoms with Crippen LogP contribution < -0.4 is 5.32 Å². The number of hydrogen-bond donors (Lipinski definition) is 1. The molecule has 0 unspecified atom stereocenters. The fourth-order valence-corrected chi connectivity index (χ4v) is 3.38. The van der Waals surface area contributed by atoms with Gasteiger partial charge in [0.15, 0.2) is 0 Å². The molecule has 2 aliphatic rings. The Morgan fingerprint density at radius 3 is 3.00 bits per heavy atom. The summed E-state index contributed by atoms with van der Waals surface area (Å²) in [5.41, 5.74) is 2.49. The zero-order valence-electron chi connectivity index (χ0n) is 8.08. The molecule has 4 heteroatoms. The molecule has 3 heterocycles. The van der Waals surface area contributed by atoms with Crippen LogP contribution in [0.5, 0.6) is 0 Å². The average molecular weight is 210 g/mol. The maximum absolute atomic E-state index is 5.48. The number of aromatic nitrogens is 1. The molecular formula is C10H14N2OS. The predicted molar refractivity (Wildman–Crippen MR) is 56.3 cm³/mol. The van der Waals surface area contributed by atoms with Gasteiger partial charge in [-0.25, -0.2) is 0 Å². The van der Waals surface area contributed by atoms with E-state index in [2.05, 4.69) is 22.2 Å². The molecule has 0 amide bonds. The van der Waals surface area contributed by atoms with Crippen molar-refractivity contribution in [3.63, 3.8) is 0 Å². The second-order valence-electron chi connectivity index (χ2n) is 3.96. The second kappa shape index (κ2) is 3.59. The van der Waals surface area contributed by atoms with Crippen molar-refractivity contribution in [2.24, 2.45) is 0 Å². The highest BCUT2D eigenvalue weighted by atomic mass is 32.2. The van der Waals surface area contributed by atoms with Crippen LogP contribution in [0.25, 0.3) is 0 Å². The van der Waals surface area contributed by atoms with Crippen LogP contribution in [-0.4, -0.2) is 16.7 Å². The number of nitrogens with zero attached hydrogens (tertiary/aromatic N) is 1. The van der Waals surface area contributed by atoms with Crippen molar-refractivity contribution in [3.8, 4) is 0 Å². The highest BCUT2D eigenvalue weighted by molar-refractivity contribution is 7.99. The minimum absolute atomic E-state index is 0.632. The molecule has 0 saturated carbocycles. The van der Waals surface area contributed by atoms with Crippen molar-refractivity contribution in [1.82, 2.24) is 10.5 Å². The Bertz CT molecular complexity index is 331. The summed E-state index contributed by atoms with van der Waals surface area (Å²) in [4.78, 5) is 0. The first-order valence-electron chi connectivity index (χ1n) is 5.21. The molecule has 0 radical (unpaired) electrons. The van der Waals surface area contributed by atoms with Crippen LogP contribution >= 0.6 is 11.8 Å². The van der Waals surface area contributed by atoms with Gasteiger partial charge in [0.05, 0.1) is 0 Å². The molecule has 3 nitrogen and oxygen atoms in total. The van der Waals surface area contributed by atoms with Gasteiger partial charge in [-0.15, -0.1) is 0 Å². The van der Waals surface area contributed by atoms with E-state index >= 15 is 0 Å². The molecule has 76 valence electrons. The Hall–Kier alpha value is -0.480. The van der Waals surface area contributed by atoms with Gasteiger partial charge in [-0.1, -0.05) is 5.16 Å². The van der Waals surface area contributed by atoms with Gasteiger partial charge in [-0.3, -0.25) is 0 Å². The highest BCUT2D eigenvalue weighted by Gasteiger charge is 2.27. The molecule has 0 bridgehead atoms. The normalized spacial score (nSPS) is 22.6. The maximum atomic E-state index is 5.48. The van der Waals surface area contributed by atoms with Crippen LogP contribution in [0.3, 0.4) is 0 Å². The lowest BCUT2D eigenvalue weighted by atomic mass is 9.96. The van der Waals surface area contributed by atoms with Crippen molar-refractivity contribution in [1.29, 1.82) is 0 Å². The van der Waals surface area contributed by atoms with E-state index in [1.807, 2.05) is 0 Å². The minimum atomic E-state index is 0.632. The van der Waals surface area contributed by atoms with Gasteiger partial charge in [0, 0.05) is 24.6 Å². The number of nitrogens with one attached hydrogen (secondary N) is 1. The van der Waals surface area contributed by atoms with Crippen molar-refractivity contribution in [2.75, 3.05) is 11.5 Å². The molecule has 1 N–H and O–H groups in total. The topological polar surface area (TPSA) is 38.1 Å². The van der Waals surface area contributed by atoms with E-state index in [1.165, 1.54) is 35.7 Å². The van der Waals surface area contributed by atoms with Crippen molar-refractivity contribution in [2.45, 2.75) is 31.8 Å². The molecule has 2 aliphatic heterocycles. The molecule has 3 rings (SSSR count). The summed E-state index contributed by atoms with van der Waals surface area (Å²) in [7, 11) is 0. The van der Waals surface area contributed by atoms with Crippen molar-refractivity contribution >= 4 is 11.8 Å². The lowest BCUT2D eigenvalue weighted by molar-refractivity contribution is 0.342. The lowest BCUT2D eigenvalue weighted by Gasteiger charge is -2.19. The number of rotatable bonds is 1. The van der Waals surface area contributed by atoms with Crippen LogP contribution in [0.1, 0.15) is 35.8 Å². The van der Waals surface area contributed by atoms with E-state index < -0.39 is 0 Å². The smallest absolute Gasteiger partial charge is 0.144 e. The van der Waals surface area contributed by atoms with Crippen LogP contribution in [-0.2, 0) is 13.1 Å². The third kappa shape index (κ3) is 1.37. The molecule has 14 heavy (non-hydrogen) atoms. The molecule has 0 atom stereocenters. The number of thioether (sulfide) groups is 1. The predicted octanol–water partition coefficient (Wildman–Crippen LogP) is 1.89. The first-order valence-corrected chi connectivity index (χ1v) is 6.36. The van der Waals surface area contributed by atoms with Gasteiger partial charge in [0.1, 0.15) is 11.5 Å². The van der Waals surface area contributed by atoms with Crippen LogP contribution in [0.4, 0.5) is 0 Å². The summed E-state index contributed by atoms with van der Waals surface area (Å²) < 4.78 is 5.48. The molecule has 1 aromatic heterocycles. The van der Waals surface area contributed by atoms with E-state index in [1.54, 1.807) is 0 Å². The second-order valence-corrected chi connectivity index (χ2v) is 5.19. The molecule has 1 saturated heterocycles. The van der Waals surface area contributed by atoms with Crippen molar-refractivity contribution in [3.05, 3.63) is 17.0 Å². The van der Waals surface area contributed by atoms with E-state index in [9.17, 15) is 0 Å². The average Bonchev–Trinajstić information content (AvgIpc) is 2.79. The highest BCUT2D eigenvalue weighted by Crippen LogP contribution is 2.35. The zero-order chi connectivity index (χ0) is 9.38. The Morgan fingerprint density at radius 1 is 1.29 bits per heavy atom. The lowest BCUT2D eigenvalue weighted by Crippen LogP contribution is -2.10. The maximum Gasteiger partial charge on any atom is 0.144 e. The largest absolute Gasteiger partial charge is 0.360 e. The SMILES string of the molecule is C1CC(c2onc3c2CNC3)CCS1. The van der Waals surface area contributed by atoms with E-state index in [4.69, 9.17) is 4.52 Å². The van der Waals surface area contributed by atoms with Gasteiger partial charge in [-0.2, -0.15) is 11.8 Å². The number of hydrogen-bond acceptors (Lipinski definition) is 4. The summed E-state index contributed by atoms with van der Waals surface area (Å²) in [5, 5.41) is 7.45. The minimum Gasteiger partial charge on any atom is -0.360 e. The van der Waals surface area contributed by atoms with E-state index in [0.29, 0.717) is 5.92 Å². The summed E-state index contributed by atoms with van der Waals surface area (Å²) in [6, 6.07) is 0. The molecule has 1 aromatic rings. The zero-order valence-corrected chi connectivity index (χ0v) is 8.90. The first-order chi connectivity index (χ1) is 6.95. The third-order valence-corrected chi connectivity index (χ3v) is 4.14. The Morgan fingerprint density at radius 2 is 2.14 bits per heavy atom. The summed E-state index contributed by atoms with van der Waals surface area (Å²) in [5.74, 6) is 4.35.